The van der Waals surface area contributed by atoms with Crippen LogP contribution in [-0.2, 0) is 4.79 Å². The van der Waals surface area contributed by atoms with E-state index in [1.54, 1.807) is 12.1 Å². The second kappa shape index (κ2) is 4.59. The summed E-state index contributed by atoms with van der Waals surface area (Å²) in [5, 5.41) is 21.5. The standard InChI is InChI=1S/C13H15N3O4/c17-9-1-2-10-11(6-9)16-4-3-15(13(19)20)7-8(16)5-12(18)14-10/h1-2,6,8,17H,3-5,7H2,(H,14,18)(H,19,20)/t8-/m0/s1. The number of hydrogen-bond donors (Lipinski definition) is 3. The Hall–Kier alpha value is -2.44. The highest BCUT2D eigenvalue weighted by molar-refractivity contribution is 5.97. The Bertz CT molecular complexity index is 575. The largest absolute Gasteiger partial charge is 0.508 e. The lowest BCUT2D eigenvalue weighted by Gasteiger charge is -2.40. The van der Waals surface area contributed by atoms with Crippen molar-refractivity contribution < 1.29 is 19.8 Å². The van der Waals surface area contributed by atoms with E-state index in [9.17, 15) is 14.7 Å². The number of anilines is 2. The summed E-state index contributed by atoms with van der Waals surface area (Å²) < 4.78 is 0. The van der Waals surface area contributed by atoms with Crippen LogP contribution in [0.1, 0.15) is 6.42 Å². The summed E-state index contributed by atoms with van der Waals surface area (Å²) in [6.45, 7) is 1.18. The molecule has 20 heavy (non-hydrogen) atoms. The zero-order valence-corrected chi connectivity index (χ0v) is 10.7. The van der Waals surface area contributed by atoms with Crippen molar-refractivity contribution >= 4 is 23.4 Å². The minimum atomic E-state index is -0.967. The Morgan fingerprint density at radius 1 is 1.35 bits per heavy atom. The lowest BCUT2D eigenvalue weighted by Crippen LogP contribution is -2.54. The SMILES string of the molecule is O=C1C[C@H]2CN(C(=O)O)CCN2c2cc(O)ccc2N1. The number of rotatable bonds is 0. The van der Waals surface area contributed by atoms with Gasteiger partial charge in [-0.2, -0.15) is 0 Å². The zero-order valence-electron chi connectivity index (χ0n) is 10.7. The summed E-state index contributed by atoms with van der Waals surface area (Å²) >= 11 is 0. The molecule has 2 amide bonds. The second-order valence-electron chi connectivity index (χ2n) is 5.03. The van der Waals surface area contributed by atoms with E-state index in [1.165, 1.54) is 11.0 Å². The van der Waals surface area contributed by atoms with Gasteiger partial charge in [0.25, 0.3) is 0 Å². The molecule has 0 saturated carbocycles. The summed E-state index contributed by atoms with van der Waals surface area (Å²) in [4.78, 5) is 26.3. The van der Waals surface area contributed by atoms with Gasteiger partial charge in [0.1, 0.15) is 5.75 Å². The number of fused-ring (bicyclic) bond motifs is 3. The van der Waals surface area contributed by atoms with Crippen LogP contribution in [0, 0.1) is 0 Å². The third-order valence-electron chi connectivity index (χ3n) is 3.74. The van der Waals surface area contributed by atoms with Gasteiger partial charge < -0.3 is 25.3 Å². The van der Waals surface area contributed by atoms with Crippen LogP contribution in [0.25, 0.3) is 0 Å². The van der Waals surface area contributed by atoms with Crippen molar-refractivity contribution in [3.63, 3.8) is 0 Å². The topological polar surface area (TPSA) is 93.1 Å². The van der Waals surface area contributed by atoms with Crippen molar-refractivity contribution in [2.75, 3.05) is 29.9 Å². The third kappa shape index (κ3) is 2.11. The molecule has 1 aromatic carbocycles. The number of hydrogen-bond acceptors (Lipinski definition) is 4. The number of carboxylic acid groups (broad SMARTS) is 1. The quantitative estimate of drug-likeness (QED) is 0.613. The summed E-state index contributed by atoms with van der Waals surface area (Å²) in [6, 6.07) is 4.58. The number of nitrogens with zero attached hydrogens (tertiary/aromatic N) is 2. The average Bonchev–Trinajstić information content (AvgIpc) is 2.53. The molecule has 2 heterocycles. The zero-order chi connectivity index (χ0) is 14.3. The van der Waals surface area contributed by atoms with Crippen LogP contribution in [-0.4, -0.2) is 52.8 Å². The number of phenolic OH excluding ortho intramolecular Hbond substituents is 1. The first-order chi connectivity index (χ1) is 9.54. The van der Waals surface area contributed by atoms with E-state index in [0.717, 1.165) is 5.69 Å². The van der Waals surface area contributed by atoms with E-state index in [-0.39, 0.29) is 30.7 Å². The van der Waals surface area contributed by atoms with Gasteiger partial charge in [-0.25, -0.2) is 4.79 Å². The van der Waals surface area contributed by atoms with Gasteiger partial charge >= 0.3 is 6.09 Å². The lowest BCUT2D eigenvalue weighted by atomic mass is 10.1. The van der Waals surface area contributed by atoms with Crippen molar-refractivity contribution in [2.45, 2.75) is 12.5 Å². The van der Waals surface area contributed by atoms with Gasteiger partial charge in [-0.05, 0) is 12.1 Å². The molecular formula is C13H15N3O4. The number of nitrogens with one attached hydrogen (secondary N) is 1. The molecule has 0 radical (unpaired) electrons. The molecule has 0 unspecified atom stereocenters. The van der Waals surface area contributed by atoms with Crippen molar-refractivity contribution in [3.05, 3.63) is 18.2 Å². The first-order valence-electron chi connectivity index (χ1n) is 6.42. The fraction of sp³-hybridized carbons (Fsp3) is 0.385. The molecule has 0 bridgehead atoms. The smallest absolute Gasteiger partial charge is 0.407 e. The molecule has 0 spiro atoms. The Labute approximate surface area is 115 Å². The molecule has 3 N–H and O–H groups in total. The normalized spacial score (nSPS) is 21.6. The van der Waals surface area contributed by atoms with Gasteiger partial charge in [-0.3, -0.25) is 4.79 Å². The number of piperazine rings is 1. The molecule has 106 valence electrons. The van der Waals surface area contributed by atoms with Crippen molar-refractivity contribution in [2.24, 2.45) is 0 Å². The molecule has 1 saturated heterocycles. The van der Waals surface area contributed by atoms with Crippen molar-refractivity contribution in [1.29, 1.82) is 0 Å². The number of phenols is 1. The number of amides is 2. The third-order valence-corrected chi connectivity index (χ3v) is 3.74. The minimum absolute atomic E-state index is 0.124. The summed E-state index contributed by atoms with van der Waals surface area (Å²) in [7, 11) is 0. The Morgan fingerprint density at radius 2 is 2.15 bits per heavy atom. The highest BCUT2D eigenvalue weighted by Gasteiger charge is 2.34. The molecule has 3 rings (SSSR count). The first-order valence-corrected chi connectivity index (χ1v) is 6.42. The predicted molar refractivity (Wildman–Crippen MR) is 72.1 cm³/mol. The van der Waals surface area contributed by atoms with Gasteiger partial charge in [0.05, 0.1) is 17.4 Å². The van der Waals surface area contributed by atoms with E-state index >= 15 is 0 Å². The molecule has 0 aromatic heterocycles. The van der Waals surface area contributed by atoms with Gasteiger partial charge in [0.2, 0.25) is 5.91 Å². The average molecular weight is 277 g/mol. The van der Waals surface area contributed by atoms with E-state index in [2.05, 4.69) is 5.32 Å². The fourth-order valence-electron chi connectivity index (χ4n) is 2.80. The van der Waals surface area contributed by atoms with Crippen molar-refractivity contribution in [1.82, 2.24) is 4.90 Å². The molecular weight excluding hydrogens is 262 g/mol. The molecule has 1 aromatic rings. The highest BCUT2D eigenvalue weighted by atomic mass is 16.4. The van der Waals surface area contributed by atoms with Crippen LogP contribution in [0.2, 0.25) is 0 Å². The first kappa shape index (κ1) is 12.6. The van der Waals surface area contributed by atoms with Crippen LogP contribution < -0.4 is 10.2 Å². The summed E-state index contributed by atoms with van der Waals surface area (Å²) in [6.07, 6.45) is -0.732. The van der Waals surface area contributed by atoms with Crippen LogP contribution in [0.15, 0.2) is 18.2 Å². The molecule has 7 heteroatoms. The highest BCUT2D eigenvalue weighted by Crippen LogP contribution is 2.35. The molecule has 2 aliphatic heterocycles. The van der Waals surface area contributed by atoms with Gasteiger partial charge in [0, 0.05) is 32.1 Å². The van der Waals surface area contributed by atoms with E-state index < -0.39 is 6.09 Å². The van der Waals surface area contributed by atoms with Crippen molar-refractivity contribution in [3.8, 4) is 5.75 Å². The number of aromatic hydroxyl groups is 1. The minimum Gasteiger partial charge on any atom is -0.508 e. The molecule has 7 nitrogen and oxygen atoms in total. The van der Waals surface area contributed by atoms with E-state index in [0.29, 0.717) is 18.8 Å². The molecule has 1 atom stereocenters. The van der Waals surface area contributed by atoms with Gasteiger partial charge in [0.15, 0.2) is 0 Å². The second-order valence-corrected chi connectivity index (χ2v) is 5.03. The number of carbonyl (C=O) groups is 2. The monoisotopic (exact) mass is 277 g/mol. The molecule has 0 aliphatic carbocycles. The van der Waals surface area contributed by atoms with Crippen LogP contribution in [0.5, 0.6) is 5.75 Å². The predicted octanol–water partition coefficient (Wildman–Crippen LogP) is 0.903. The maximum absolute atomic E-state index is 11.9. The number of benzene rings is 1. The molecule has 1 fully saturated rings. The number of carbonyl (C=O) groups excluding carboxylic acids is 1. The Balaban J connectivity index is 1.97. The van der Waals surface area contributed by atoms with Gasteiger partial charge in [-0.15, -0.1) is 0 Å². The van der Waals surface area contributed by atoms with E-state index in [1.807, 2.05) is 4.90 Å². The van der Waals surface area contributed by atoms with E-state index in [4.69, 9.17) is 5.11 Å². The summed E-state index contributed by atoms with van der Waals surface area (Å²) in [5.74, 6) is -0.0176. The Kier molecular flexibility index (Phi) is 2.89. The summed E-state index contributed by atoms with van der Waals surface area (Å²) in [5.41, 5.74) is 1.39. The van der Waals surface area contributed by atoms with Gasteiger partial charge in [-0.1, -0.05) is 0 Å². The van der Waals surface area contributed by atoms with Crippen LogP contribution >= 0.6 is 0 Å². The lowest BCUT2D eigenvalue weighted by molar-refractivity contribution is -0.116. The molecule has 2 aliphatic rings. The maximum Gasteiger partial charge on any atom is 0.407 e. The Morgan fingerprint density at radius 3 is 2.90 bits per heavy atom. The van der Waals surface area contributed by atoms with Crippen LogP contribution in [0.4, 0.5) is 16.2 Å². The maximum atomic E-state index is 11.9. The van der Waals surface area contributed by atoms with Crippen LogP contribution in [0.3, 0.4) is 0 Å². The fourth-order valence-corrected chi connectivity index (χ4v) is 2.80.